The van der Waals surface area contributed by atoms with Gasteiger partial charge in [-0.2, -0.15) is 0 Å². The molecule has 2 aromatic rings. The van der Waals surface area contributed by atoms with Crippen LogP contribution in [0.5, 0.6) is 5.75 Å². The summed E-state index contributed by atoms with van der Waals surface area (Å²) in [6.07, 6.45) is 0.184. The van der Waals surface area contributed by atoms with Crippen LogP contribution in [0, 0.1) is 0 Å². The van der Waals surface area contributed by atoms with E-state index in [2.05, 4.69) is 5.32 Å². The zero-order valence-electron chi connectivity index (χ0n) is 13.9. The Morgan fingerprint density at radius 2 is 1.92 bits per heavy atom. The summed E-state index contributed by atoms with van der Waals surface area (Å²) >= 11 is 0. The van der Waals surface area contributed by atoms with Crippen molar-refractivity contribution in [2.24, 2.45) is 0 Å². The SMILES string of the molecule is O=C(O)c1ccc(C(=O)NC2CC(=O)N(CCOc3ccccc3)C2)o1. The number of hydrogen-bond donors (Lipinski definition) is 2. The fraction of sp³-hybridized carbons (Fsp3) is 0.278. The minimum Gasteiger partial charge on any atom is -0.492 e. The first kappa shape index (κ1) is 17.5. The van der Waals surface area contributed by atoms with Crippen LogP contribution < -0.4 is 10.1 Å². The summed E-state index contributed by atoms with van der Waals surface area (Å²) in [4.78, 5) is 36.6. The van der Waals surface area contributed by atoms with Crippen molar-refractivity contribution in [3.05, 3.63) is 54.0 Å². The van der Waals surface area contributed by atoms with Crippen LogP contribution in [0.1, 0.15) is 27.5 Å². The Bertz CT molecular complexity index is 801. The highest BCUT2D eigenvalue weighted by Gasteiger charge is 2.31. The van der Waals surface area contributed by atoms with Gasteiger partial charge in [-0.25, -0.2) is 4.79 Å². The van der Waals surface area contributed by atoms with Crippen molar-refractivity contribution in [2.75, 3.05) is 19.7 Å². The number of ether oxygens (including phenoxy) is 1. The summed E-state index contributed by atoms with van der Waals surface area (Å²) in [5, 5.41) is 11.5. The molecule has 2 N–H and O–H groups in total. The number of rotatable bonds is 7. The molecule has 8 heteroatoms. The first-order valence-corrected chi connectivity index (χ1v) is 8.12. The number of nitrogens with one attached hydrogen (secondary N) is 1. The lowest BCUT2D eigenvalue weighted by molar-refractivity contribution is -0.128. The van der Waals surface area contributed by atoms with Crippen LogP contribution >= 0.6 is 0 Å². The Balaban J connectivity index is 1.47. The molecule has 3 rings (SSSR count). The maximum Gasteiger partial charge on any atom is 0.371 e. The van der Waals surface area contributed by atoms with Gasteiger partial charge in [-0.3, -0.25) is 9.59 Å². The van der Waals surface area contributed by atoms with Gasteiger partial charge in [0.15, 0.2) is 5.76 Å². The molecule has 1 fully saturated rings. The molecule has 1 aromatic heterocycles. The van der Waals surface area contributed by atoms with E-state index in [-0.39, 0.29) is 29.9 Å². The maximum atomic E-state index is 12.1. The Morgan fingerprint density at radius 1 is 1.19 bits per heavy atom. The van der Waals surface area contributed by atoms with Crippen LogP contribution in [0.15, 0.2) is 46.9 Å². The summed E-state index contributed by atoms with van der Waals surface area (Å²) in [7, 11) is 0. The average Bonchev–Trinajstić information content (AvgIpc) is 3.23. The third-order valence-corrected chi connectivity index (χ3v) is 3.96. The molecule has 1 saturated heterocycles. The van der Waals surface area contributed by atoms with Gasteiger partial charge in [0.1, 0.15) is 12.4 Å². The lowest BCUT2D eigenvalue weighted by Gasteiger charge is -2.17. The number of carbonyl (C=O) groups excluding carboxylic acids is 2. The second-order valence-corrected chi connectivity index (χ2v) is 5.84. The highest BCUT2D eigenvalue weighted by molar-refractivity contribution is 5.94. The number of nitrogens with zero attached hydrogens (tertiary/aromatic N) is 1. The van der Waals surface area contributed by atoms with Crippen molar-refractivity contribution in [2.45, 2.75) is 12.5 Å². The lowest BCUT2D eigenvalue weighted by atomic mass is 10.2. The molecule has 1 unspecified atom stereocenters. The Hall–Kier alpha value is -3.29. The molecule has 2 amide bonds. The van der Waals surface area contributed by atoms with E-state index < -0.39 is 11.9 Å². The fourth-order valence-electron chi connectivity index (χ4n) is 2.71. The molecule has 136 valence electrons. The molecule has 0 saturated carbocycles. The van der Waals surface area contributed by atoms with Gasteiger partial charge in [0.2, 0.25) is 11.7 Å². The maximum absolute atomic E-state index is 12.1. The van der Waals surface area contributed by atoms with Gasteiger partial charge >= 0.3 is 5.97 Å². The number of amides is 2. The molecule has 0 bridgehead atoms. The van der Waals surface area contributed by atoms with Gasteiger partial charge in [-0.1, -0.05) is 18.2 Å². The molecule has 1 atom stereocenters. The molecule has 2 heterocycles. The summed E-state index contributed by atoms with van der Waals surface area (Å²) < 4.78 is 10.5. The van der Waals surface area contributed by atoms with Crippen LogP contribution in [0.2, 0.25) is 0 Å². The predicted octanol–water partition coefficient (Wildman–Crippen LogP) is 1.39. The van der Waals surface area contributed by atoms with Crippen LogP contribution in [-0.2, 0) is 4.79 Å². The lowest BCUT2D eigenvalue weighted by Crippen LogP contribution is -2.37. The number of likely N-dealkylation sites (tertiary alicyclic amines) is 1. The van der Waals surface area contributed by atoms with Gasteiger partial charge in [-0.15, -0.1) is 0 Å². The first-order valence-electron chi connectivity index (χ1n) is 8.12. The second kappa shape index (κ2) is 7.73. The van der Waals surface area contributed by atoms with E-state index in [4.69, 9.17) is 14.3 Å². The van der Waals surface area contributed by atoms with Crippen molar-refractivity contribution in [3.8, 4) is 5.75 Å². The average molecular weight is 358 g/mol. The van der Waals surface area contributed by atoms with Gasteiger partial charge < -0.3 is 24.5 Å². The summed E-state index contributed by atoms with van der Waals surface area (Å²) in [6.45, 7) is 1.15. The second-order valence-electron chi connectivity index (χ2n) is 5.84. The molecule has 1 aliphatic heterocycles. The number of carbonyl (C=O) groups is 3. The van der Waals surface area contributed by atoms with Gasteiger partial charge in [0.25, 0.3) is 5.91 Å². The van der Waals surface area contributed by atoms with Crippen molar-refractivity contribution >= 4 is 17.8 Å². The summed E-state index contributed by atoms with van der Waals surface area (Å²) in [5.41, 5.74) is 0. The third-order valence-electron chi connectivity index (χ3n) is 3.96. The quantitative estimate of drug-likeness (QED) is 0.774. The minimum atomic E-state index is -1.25. The van der Waals surface area contributed by atoms with Gasteiger partial charge in [0.05, 0.1) is 12.6 Å². The minimum absolute atomic E-state index is 0.0716. The van der Waals surface area contributed by atoms with E-state index in [0.717, 1.165) is 5.75 Å². The molecular formula is C18H18N2O6. The molecular weight excluding hydrogens is 340 g/mol. The van der Waals surface area contributed by atoms with Crippen molar-refractivity contribution in [1.29, 1.82) is 0 Å². The smallest absolute Gasteiger partial charge is 0.371 e. The zero-order valence-corrected chi connectivity index (χ0v) is 13.9. The van der Waals surface area contributed by atoms with Crippen LogP contribution in [-0.4, -0.2) is 53.5 Å². The Morgan fingerprint density at radius 3 is 2.62 bits per heavy atom. The molecule has 0 radical (unpaired) electrons. The van der Waals surface area contributed by atoms with Crippen LogP contribution in [0.25, 0.3) is 0 Å². The molecule has 1 aliphatic rings. The number of hydrogen-bond acceptors (Lipinski definition) is 5. The highest BCUT2D eigenvalue weighted by Crippen LogP contribution is 2.14. The molecule has 8 nitrogen and oxygen atoms in total. The largest absolute Gasteiger partial charge is 0.492 e. The molecule has 26 heavy (non-hydrogen) atoms. The number of carboxylic acid groups (broad SMARTS) is 1. The number of aromatic carboxylic acids is 1. The van der Waals surface area contributed by atoms with Crippen molar-refractivity contribution in [1.82, 2.24) is 10.2 Å². The molecule has 0 aliphatic carbocycles. The number of para-hydroxylation sites is 1. The predicted molar refractivity (Wildman–Crippen MR) is 90.1 cm³/mol. The number of carboxylic acids is 1. The summed E-state index contributed by atoms with van der Waals surface area (Å²) in [6, 6.07) is 11.4. The van der Waals surface area contributed by atoms with Crippen LogP contribution in [0.4, 0.5) is 0 Å². The Kier molecular flexibility index (Phi) is 5.21. The van der Waals surface area contributed by atoms with Crippen molar-refractivity contribution in [3.63, 3.8) is 0 Å². The first-order chi connectivity index (χ1) is 12.5. The number of benzene rings is 1. The van der Waals surface area contributed by atoms with E-state index in [1.54, 1.807) is 4.90 Å². The van der Waals surface area contributed by atoms with E-state index in [9.17, 15) is 14.4 Å². The topological polar surface area (TPSA) is 109 Å². The fourth-order valence-corrected chi connectivity index (χ4v) is 2.71. The highest BCUT2D eigenvalue weighted by atomic mass is 16.5. The summed E-state index contributed by atoms with van der Waals surface area (Å²) in [5.74, 6) is -1.53. The van der Waals surface area contributed by atoms with E-state index in [1.165, 1.54) is 12.1 Å². The molecule has 0 spiro atoms. The van der Waals surface area contributed by atoms with Crippen LogP contribution in [0.3, 0.4) is 0 Å². The monoisotopic (exact) mass is 358 g/mol. The molecule has 1 aromatic carbocycles. The Labute approximate surface area is 149 Å². The van der Waals surface area contributed by atoms with Gasteiger partial charge in [-0.05, 0) is 24.3 Å². The van der Waals surface area contributed by atoms with Gasteiger partial charge in [0, 0.05) is 13.0 Å². The normalized spacial score (nSPS) is 16.5. The van der Waals surface area contributed by atoms with Crippen molar-refractivity contribution < 1.29 is 28.6 Å². The zero-order chi connectivity index (χ0) is 18.5. The van der Waals surface area contributed by atoms with E-state index >= 15 is 0 Å². The number of furan rings is 1. The van der Waals surface area contributed by atoms with E-state index in [0.29, 0.717) is 19.7 Å². The third kappa shape index (κ3) is 4.21. The standard InChI is InChI=1S/C18H18N2O6/c21-16-10-12(19-17(22)14-6-7-15(26-14)18(23)24)11-20(16)8-9-25-13-4-2-1-3-5-13/h1-7,12H,8-11H2,(H,19,22)(H,23,24). The van der Waals surface area contributed by atoms with E-state index in [1.807, 2.05) is 30.3 Å².